The first-order valence-corrected chi connectivity index (χ1v) is 9.38. The van der Waals surface area contributed by atoms with Crippen LogP contribution in [0.1, 0.15) is 16.0 Å². The maximum atomic E-state index is 12.0. The highest BCUT2D eigenvalue weighted by Gasteiger charge is 2.09. The summed E-state index contributed by atoms with van der Waals surface area (Å²) in [4.78, 5) is 27.3. The van der Waals surface area contributed by atoms with Gasteiger partial charge in [0.05, 0.1) is 10.6 Å². The van der Waals surface area contributed by atoms with E-state index in [2.05, 4.69) is 23.3 Å². The average Bonchev–Trinajstić information content (AvgIpc) is 3.25. The topological polar surface area (TPSA) is 85.1 Å². The van der Waals surface area contributed by atoms with Gasteiger partial charge in [0, 0.05) is 28.0 Å². The summed E-state index contributed by atoms with van der Waals surface area (Å²) in [5, 5.41) is 15.8. The first-order valence-electron chi connectivity index (χ1n) is 7.69. The highest BCUT2D eigenvalue weighted by atomic mass is 32.1. The lowest BCUT2D eigenvalue weighted by Crippen LogP contribution is -2.07. The smallest absolute Gasteiger partial charge is 0.298 e. The molecule has 1 N–H and O–H groups in total. The largest absolute Gasteiger partial charge is 0.324 e. The molecule has 0 atom stereocenters. The van der Waals surface area contributed by atoms with E-state index < -0.39 is 4.92 Å². The summed E-state index contributed by atoms with van der Waals surface area (Å²) in [5.74, 6) is -0.331. The fraction of sp³-hybridized carbons (Fsp3) is 0.111. The number of carbonyl (C=O) groups is 1. The molecular weight excluding hydrogens is 370 g/mol. The molecule has 0 saturated carbocycles. The Labute approximate surface area is 158 Å². The van der Waals surface area contributed by atoms with E-state index in [0.717, 1.165) is 22.6 Å². The molecule has 6 nitrogen and oxygen atoms in total. The number of aromatic nitrogens is 1. The van der Waals surface area contributed by atoms with Crippen LogP contribution >= 0.6 is 22.7 Å². The van der Waals surface area contributed by atoms with Gasteiger partial charge in [-0.05, 0) is 43.2 Å². The summed E-state index contributed by atoms with van der Waals surface area (Å²) in [7, 11) is 0. The second kappa shape index (κ2) is 7.59. The maximum absolute atomic E-state index is 12.0. The number of hydrogen-bond acceptors (Lipinski definition) is 6. The number of amides is 1. The molecule has 1 aromatic carbocycles. The van der Waals surface area contributed by atoms with Crippen LogP contribution in [0.3, 0.4) is 0 Å². The third-order valence-corrected chi connectivity index (χ3v) is 5.49. The maximum Gasteiger partial charge on any atom is 0.324 e. The van der Waals surface area contributed by atoms with Crippen molar-refractivity contribution in [2.24, 2.45) is 0 Å². The molecule has 0 aliphatic carbocycles. The standard InChI is InChI=1S/C18H15N3O3S2/c1-11-3-4-13(9-12(11)2)15-10-25-18(19-15)20-16(22)7-5-14-6-8-17(26-14)21(23)24/h3-10H,1-2H3,(H,19,20,22). The van der Waals surface area contributed by atoms with Crippen molar-refractivity contribution >= 4 is 44.8 Å². The molecule has 0 aliphatic rings. The van der Waals surface area contributed by atoms with Crippen LogP contribution in [0.4, 0.5) is 10.1 Å². The Hall–Kier alpha value is -2.84. The van der Waals surface area contributed by atoms with Crippen LogP contribution in [0.5, 0.6) is 0 Å². The number of anilines is 1. The van der Waals surface area contributed by atoms with Crippen molar-refractivity contribution in [1.29, 1.82) is 0 Å². The van der Waals surface area contributed by atoms with Crippen LogP contribution in [0.15, 0.2) is 41.8 Å². The number of rotatable bonds is 5. The van der Waals surface area contributed by atoms with E-state index in [1.165, 1.54) is 34.6 Å². The number of nitrogens with zero attached hydrogens (tertiary/aromatic N) is 2. The fourth-order valence-corrected chi connectivity index (χ4v) is 3.65. The third kappa shape index (κ3) is 4.22. The Balaban J connectivity index is 1.66. The van der Waals surface area contributed by atoms with Crippen molar-refractivity contribution < 1.29 is 9.72 Å². The molecule has 0 saturated heterocycles. The Morgan fingerprint density at radius 3 is 2.73 bits per heavy atom. The summed E-state index contributed by atoms with van der Waals surface area (Å²) < 4.78 is 0. The van der Waals surface area contributed by atoms with E-state index in [4.69, 9.17) is 0 Å². The Kier molecular flexibility index (Phi) is 5.24. The van der Waals surface area contributed by atoms with Gasteiger partial charge in [-0.3, -0.25) is 20.2 Å². The van der Waals surface area contributed by atoms with E-state index >= 15 is 0 Å². The van der Waals surface area contributed by atoms with E-state index in [1.54, 1.807) is 12.1 Å². The molecule has 0 fully saturated rings. The van der Waals surface area contributed by atoms with Crippen LogP contribution < -0.4 is 5.32 Å². The number of hydrogen-bond donors (Lipinski definition) is 1. The Morgan fingerprint density at radius 2 is 2.04 bits per heavy atom. The summed E-state index contributed by atoms with van der Waals surface area (Å²) in [6.07, 6.45) is 2.89. The SMILES string of the molecule is Cc1ccc(-c2csc(NC(=O)C=Cc3ccc([N+](=O)[O-])s3)n2)cc1C. The van der Waals surface area contributed by atoms with Gasteiger partial charge in [0.25, 0.3) is 0 Å². The fourth-order valence-electron chi connectivity index (χ4n) is 2.20. The van der Waals surface area contributed by atoms with Crippen molar-refractivity contribution in [3.05, 3.63) is 67.9 Å². The number of aryl methyl sites for hydroxylation is 2. The predicted octanol–water partition coefficient (Wildman–Crippen LogP) is 5.05. The van der Waals surface area contributed by atoms with E-state index in [-0.39, 0.29) is 10.9 Å². The summed E-state index contributed by atoms with van der Waals surface area (Å²) in [5.41, 5.74) is 4.23. The van der Waals surface area contributed by atoms with Gasteiger partial charge >= 0.3 is 5.00 Å². The summed E-state index contributed by atoms with van der Waals surface area (Å²) in [6, 6.07) is 9.14. The van der Waals surface area contributed by atoms with Crippen LogP contribution in [-0.4, -0.2) is 15.8 Å². The second-order valence-electron chi connectivity index (χ2n) is 5.59. The monoisotopic (exact) mass is 385 g/mol. The highest BCUT2D eigenvalue weighted by molar-refractivity contribution is 7.16. The van der Waals surface area contributed by atoms with Crippen LogP contribution in [0, 0.1) is 24.0 Å². The molecule has 3 aromatic rings. The van der Waals surface area contributed by atoms with Crippen molar-refractivity contribution in [2.45, 2.75) is 13.8 Å². The number of benzene rings is 1. The lowest BCUT2D eigenvalue weighted by Gasteiger charge is -2.02. The summed E-state index contributed by atoms with van der Waals surface area (Å²) >= 11 is 2.36. The first kappa shape index (κ1) is 18.0. The molecule has 0 aliphatic heterocycles. The van der Waals surface area contributed by atoms with Gasteiger partial charge in [0.1, 0.15) is 0 Å². The number of thiazole rings is 1. The molecular formula is C18H15N3O3S2. The van der Waals surface area contributed by atoms with Gasteiger partial charge in [-0.2, -0.15) is 0 Å². The van der Waals surface area contributed by atoms with Crippen LogP contribution in [0.25, 0.3) is 17.3 Å². The third-order valence-electron chi connectivity index (χ3n) is 3.73. The average molecular weight is 385 g/mol. The first-order chi connectivity index (χ1) is 12.4. The molecule has 0 spiro atoms. The second-order valence-corrected chi connectivity index (χ2v) is 7.54. The lowest BCUT2D eigenvalue weighted by molar-refractivity contribution is -0.380. The molecule has 0 radical (unpaired) electrons. The van der Waals surface area contributed by atoms with Crippen molar-refractivity contribution in [3.63, 3.8) is 0 Å². The van der Waals surface area contributed by atoms with Gasteiger partial charge in [0.2, 0.25) is 5.91 Å². The van der Waals surface area contributed by atoms with Gasteiger partial charge in [-0.25, -0.2) is 4.98 Å². The molecule has 132 valence electrons. The van der Waals surface area contributed by atoms with E-state index in [1.807, 2.05) is 24.4 Å². The van der Waals surface area contributed by atoms with Crippen LogP contribution in [0.2, 0.25) is 0 Å². The van der Waals surface area contributed by atoms with Crippen molar-refractivity contribution in [2.75, 3.05) is 5.32 Å². The minimum absolute atomic E-state index is 0.0445. The molecule has 1 amide bonds. The minimum Gasteiger partial charge on any atom is -0.298 e. The molecule has 0 unspecified atom stereocenters. The molecule has 3 rings (SSSR count). The van der Waals surface area contributed by atoms with E-state index in [0.29, 0.717) is 10.0 Å². The Morgan fingerprint density at radius 1 is 1.23 bits per heavy atom. The molecule has 8 heteroatoms. The minimum atomic E-state index is -0.452. The van der Waals surface area contributed by atoms with Crippen molar-refractivity contribution in [3.8, 4) is 11.3 Å². The zero-order valence-electron chi connectivity index (χ0n) is 14.1. The molecule has 0 bridgehead atoms. The molecule has 2 heterocycles. The molecule has 26 heavy (non-hydrogen) atoms. The zero-order valence-corrected chi connectivity index (χ0v) is 15.7. The van der Waals surface area contributed by atoms with Gasteiger partial charge in [-0.1, -0.05) is 23.5 Å². The van der Waals surface area contributed by atoms with E-state index in [9.17, 15) is 14.9 Å². The number of nitro groups is 1. The van der Waals surface area contributed by atoms with Crippen LogP contribution in [-0.2, 0) is 4.79 Å². The van der Waals surface area contributed by atoms with Crippen molar-refractivity contribution in [1.82, 2.24) is 4.98 Å². The molecule has 2 aromatic heterocycles. The lowest BCUT2D eigenvalue weighted by atomic mass is 10.1. The van der Waals surface area contributed by atoms with Gasteiger partial charge < -0.3 is 0 Å². The Bertz CT molecular complexity index is 1000. The number of nitrogens with one attached hydrogen (secondary N) is 1. The van der Waals surface area contributed by atoms with Gasteiger partial charge in [0.15, 0.2) is 5.13 Å². The quantitative estimate of drug-likeness (QED) is 0.378. The summed E-state index contributed by atoms with van der Waals surface area (Å²) in [6.45, 7) is 4.11. The predicted molar refractivity (Wildman–Crippen MR) is 106 cm³/mol. The van der Waals surface area contributed by atoms with Gasteiger partial charge in [-0.15, -0.1) is 11.3 Å². The normalized spacial score (nSPS) is 11.0. The number of thiophene rings is 1. The highest BCUT2D eigenvalue weighted by Crippen LogP contribution is 2.27. The zero-order chi connectivity index (χ0) is 18.7. The number of carbonyl (C=O) groups excluding carboxylic acids is 1.